The summed E-state index contributed by atoms with van der Waals surface area (Å²) < 4.78 is 40.0. The normalized spacial score (nSPS) is 10.6. The first kappa shape index (κ1) is 12.3. The molecule has 2 aromatic rings. The summed E-state index contributed by atoms with van der Waals surface area (Å²) in [5.74, 6) is -4.24. The molecule has 0 bridgehead atoms. The van der Waals surface area contributed by atoms with E-state index in [0.29, 0.717) is 15.9 Å². The molecule has 6 heteroatoms. The van der Waals surface area contributed by atoms with Crippen molar-refractivity contribution >= 4 is 33.0 Å². The van der Waals surface area contributed by atoms with Crippen molar-refractivity contribution < 1.29 is 18.0 Å². The van der Waals surface area contributed by atoms with E-state index in [9.17, 15) is 18.0 Å². The van der Waals surface area contributed by atoms with E-state index in [1.165, 1.54) is 6.07 Å². The molecule has 0 unspecified atom stereocenters. The van der Waals surface area contributed by atoms with Crippen LogP contribution in [0.4, 0.5) is 13.2 Å². The van der Waals surface area contributed by atoms with Crippen LogP contribution in [-0.4, -0.2) is 5.78 Å². The Balaban J connectivity index is 2.51. The van der Waals surface area contributed by atoms with Gasteiger partial charge in [-0.05, 0) is 28.1 Å². The SMILES string of the molecule is O=C(c1ccc(Br)s1)c1c(F)cc(F)cc1F. The fourth-order valence-corrected chi connectivity index (χ4v) is 2.65. The van der Waals surface area contributed by atoms with Crippen LogP contribution in [-0.2, 0) is 0 Å². The van der Waals surface area contributed by atoms with Crippen LogP contribution in [0.1, 0.15) is 15.2 Å². The maximum atomic E-state index is 13.3. The Kier molecular flexibility index (Phi) is 3.35. The highest BCUT2D eigenvalue weighted by Gasteiger charge is 2.21. The van der Waals surface area contributed by atoms with Crippen LogP contribution in [0.25, 0.3) is 0 Å². The average Bonchev–Trinajstić information content (AvgIpc) is 2.63. The predicted octanol–water partition coefficient (Wildman–Crippen LogP) is 4.16. The molecule has 1 nitrogen and oxygen atoms in total. The maximum absolute atomic E-state index is 13.3. The van der Waals surface area contributed by atoms with E-state index in [4.69, 9.17) is 0 Å². The lowest BCUT2D eigenvalue weighted by Crippen LogP contribution is -2.06. The van der Waals surface area contributed by atoms with E-state index >= 15 is 0 Å². The molecule has 0 radical (unpaired) electrons. The van der Waals surface area contributed by atoms with Crippen molar-refractivity contribution in [2.75, 3.05) is 0 Å². The first-order chi connectivity index (χ1) is 7.99. The van der Waals surface area contributed by atoms with Crippen molar-refractivity contribution in [3.05, 3.63) is 55.9 Å². The standard InChI is InChI=1S/C11H4BrF3OS/c12-9-2-1-8(17-9)11(16)10-6(14)3-5(13)4-7(10)15/h1-4H. The minimum absolute atomic E-state index is 0.182. The van der Waals surface area contributed by atoms with Gasteiger partial charge in [-0.3, -0.25) is 4.79 Å². The van der Waals surface area contributed by atoms with Gasteiger partial charge in [0.05, 0.1) is 14.2 Å². The van der Waals surface area contributed by atoms with Gasteiger partial charge in [0.15, 0.2) is 0 Å². The quantitative estimate of drug-likeness (QED) is 0.759. The van der Waals surface area contributed by atoms with Gasteiger partial charge >= 0.3 is 0 Å². The molecule has 0 saturated carbocycles. The summed E-state index contributed by atoms with van der Waals surface area (Å²) in [5.41, 5.74) is -0.735. The molecule has 88 valence electrons. The van der Waals surface area contributed by atoms with E-state index in [2.05, 4.69) is 15.9 Å². The van der Waals surface area contributed by atoms with Crippen molar-refractivity contribution in [2.45, 2.75) is 0 Å². The third kappa shape index (κ3) is 2.42. The number of rotatable bonds is 2. The topological polar surface area (TPSA) is 17.1 Å². The van der Waals surface area contributed by atoms with Gasteiger partial charge in [0.2, 0.25) is 5.78 Å². The second-order valence-corrected chi connectivity index (χ2v) is 5.64. The van der Waals surface area contributed by atoms with Crippen molar-refractivity contribution in [2.24, 2.45) is 0 Å². The highest BCUT2D eigenvalue weighted by Crippen LogP contribution is 2.26. The summed E-state index contributed by atoms with van der Waals surface area (Å²) in [6, 6.07) is 4.01. The molecule has 17 heavy (non-hydrogen) atoms. The van der Waals surface area contributed by atoms with Crippen LogP contribution in [0.2, 0.25) is 0 Å². The number of hydrogen-bond acceptors (Lipinski definition) is 2. The lowest BCUT2D eigenvalue weighted by Gasteiger charge is -2.02. The fourth-order valence-electron chi connectivity index (χ4n) is 1.32. The highest BCUT2D eigenvalue weighted by atomic mass is 79.9. The van der Waals surface area contributed by atoms with Crippen LogP contribution < -0.4 is 0 Å². The van der Waals surface area contributed by atoms with Crippen LogP contribution >= 0.6 is 27.3 Å². The second-order valence-electron chi connectivity index (χ2n) is 3.18. The zero-order valence-electron chi connectivity index (χ0n) is 8.14. The van der Waals surface area contributed by atoms with E-state index in [0.717, 1.165) is 11.3 Å². The minimum atomic E-state index is -1.20. The maximum Gasteiger partial charge on any atom is 0.208 e. The van der Waals surface area contributed by atoms with Gasteiger partial charge < -0.3 is 0 Å². The fraction of sp³-hybridized carbons (Fsp3) is 0. The molecule has 0 fully saturated rings. The number of benzene rings is 1. The van der Waals surface area contributed by atoms with Gasteiger partial charge in [0.25, 0.3) is 0 Å². The second kappa shape index (κ2) is 4.62. The molecule has 1 heterocycles. The third-order valence-corrected chi connectivity index (χ3v) is 3.65. The molecule has 0 aliphatic rings. The molecule has 2 rings (SSSR count). The molecular formula is C11H4BrF3OS. The molecule has 0 N–H and O–H groups in total. The van der Waals surface area contributed by atoms with E-state index in [1.54, 1.807) is 6.07 Å². The molecule has 0 amide bonds. The number of carbonyl (C=O) groups is 1. The summed E-state index contributed by atoms with van der Waals surface area (Å²) in [7, 11) is 0. The van der Waals surface area contributed by atoms with Gasteiger partial charge in [-0.25, -0.2) is 13.2 Å². The lowest BCUT2D eigenvalue weighted by molar-refractivity contribution is 0.103. The van der Waals surface area contributed by atoms with Crippen molar-refractivity contribution in [3.63, 3.8) is 0 Å². The Morgan fingerprint density at radius 2 is 1.71 bits per heavy atom. The molecule has 0 aliphatic heterocycles. The summed E-state index contributed by atoms with van der Waals surface area (Å²) >= 11 is 4.19. The molecule has 1 aromatic heterocycles. The van der Waals surface area contributed by atoms with Crippen molar-refractivity contribution in [3.8, 4) is 0 Å². The first-order valence-corrected chi connectivity index (χ1v) is 6.04. The Morgan fingerprint density at radius 1 is 1.12 bits per heavy atom. The molecule has 0 atom stereocenters. The van der Waals surface area contributed by atoms with E-state index in [-0.39, 0.29) is 4.88 Å². The number of ketones is 1. The van der Waals surface area contributed by atoms with Crippen LogP contribution in [0, 0.1) is 17.5 Å². The van der Waals surface area contributed by atoms with Gasteiger partial charge in [0, 0.05) is 12.1 Å². The zero-order chi connectivity index (χ0) is 12.6. The number of carbonyl (C=O) groups excluding carboxylic acids is 1. The summed E-state index contributed by atoms with van der Waals surface area (Å²) in [5, 5.41) is 0. The van der Waals surface area contributed by atoms with Gasteiger partial charge in [-0.2, -0.15) is 0 Å². The van der Waals surface area contributed by atoms with E-state index < -0.39 is 28.8 Å². The van der Waals surface area contributed by atoms with Crippen molar-refractivity contribution in [1.82, 2.24) is 0 Å². The highest BCUT2D eigenvalue weighted by molar-refractivity contribution is 9.11. The van der Waals surface area contributed by atoms with Gasteiger partial charge in [-0.15, -0.1) is 11.3 Å². The predicted molar refractivity (Wildman–Crippen MR) is 61.8 cm³/mol. The Morgan fingerprint density at radius 3 is 2.18 bits per heavy atom. The molecule has 0 spiro atoms. The van der Waals surface area contributed by atoms with Crippen molar-refractivity contribution in [1.29, 1.82) is 0 Å². The summed E-state index contributed by atoms with van der Waals surface area (Å²) in [6.07, 6.45) is 0. The third-order valence-electron chi connectivity index (χ3n) is 2.03. The van der Waals surface area contributed by atoms with Gasteiger partial charge in [-0.1, -0.05) is 0 Å². The number of halogens is 4. The largest absolute Gasteiger partial charge is 0.287 e. The molecular weight excluding hydrogens is 317 g/mol. The van der Waals surface area contributed by atoms with Gasteiger partial charge in [0.1, 0.15) is 17.5 Å². The monoisotopic (exact) mass is 320 g/mol. The van der Waals surface area contributed by atoms with E-state index in [1.807, 2.05) is 0 Å². The lowest BCUT2D eigenvalue weighted by atomic mass is 10.1. The molecule has 0 aliphatic carbocycles. The number of thiophene rings is 1. The summed E-state index contributed by atoms with van der Waals surface area (Å²) in [6.45, 7) is 0. The Bertz CT molecular complexity index is 571. The zero-order valence-corrected chi connectivity index (χ0v) is 10.5. The van der Waals surface area contributed by atoms with Crippen LogP contribution in [0.5, 0.6) is 0 Å². The smallest absolute Gasteiger partial charge is 0.208 e. The summed E-state index contributed by atoms with van der Waals surface area (Å²) in [4.78, 5) is 12.0. The first-order valence-electron chi connectivity index (χ1n) is 4.43. The Labute approximate surface area is 107 Å². The Hall–Kier alpha value is -1.14. The molecule has 1 aromatic carbocycles. The number of hydrogen-bond donors (Lipinski definition) is 0. The van der Waals surface area contributed by atoms with Crippen LogP contribution in [0.3, 0.4) is 0 Å². The minimum Gasteiger partial charge on any atom is -0.287 e. The van der Waals surface area contributed by atoms with Crippen LogP contribution in [0.15, 0.2) is 28.1 Å². The average molecular weight is 321 g/mol. The molecule has 0 saturated heterocycles.